The van der Waals surface area contributed by atoms with Gasteiger partial charge in [-0.15, -0.1) is 0 Å². The molecule has 1 aromatic heterocycles. The van der Waals surface area contributed by atoms with Crippen molar-refractivity contribution in [3.05, 3.63) is 42.0 Å². The van der Waals surface area contributed by atoms with Crippen LogP contribution < -0.4 is 15.1 Å². The van der Waals surface area contributed by atoms with Crippen LogP contribution in [-0.2, 0) is 9.53 Å². The standard InChI is InChI=1S/C18H17FN6O5/c19-14-7-12(1-2-15(14)23-5-6-24(11-26)21-10-23)25-9-13(29-18(25)28)8-20-17(27)16-3-4-22-30-16/h1-4,7,10-11,13H,5-6,8-9H2,(H,20,27)/t13-/m0/s1. The Balaban J connectivity index is 1.39. The second-order valence-electron chi connectivity index (χ2n) is 6.53. The van der Waals surface area contributed by atoms with Crippen LogP contribution in [0.5, 0.6) is 0 Å². The summed E-state index contributed by atoms with van der Waals surface area (Å²) in [5.74, 6) is -0.978. The number of hydrogen-bond donors (Lipinski definition) is 1. The summed E-state index contributed by atoms with van der Waals surface area (Å²) in [6.07, 6.45) is 2.07. The third-order valence-electron chi connectivity index (χ3n) is 4.61. The number of ether oxygens (including phenoxy) is 1. The van der Waals surface area contributed by atoms with Gasteiger partial charge < -0.3 is 19.5 Å². The Morgan fingerprint density at radius 1 is 1.33 bits per heavy atom. The molecule has 1 N–H and O–H groups in total. The van der Waals surface area contributed by atoms with E-state index in [4.69, 9.17) is 9.26 Å². The molecular weight excluding hydrogens is 399 g/mol. The van der Waals surface area contributed by atoms with Gasteiger partial charge in [-0.25, -0.2) is 14.2 Å². The Hall–Kier alpha value is -3.96. The maximum Gasteiger partial charge on any atom is 0.414 e. The zero-order valence-electron chi connectivity index (χ0n) is 15.6. The summed E-state index contributed by atoms with van der Waals surface area (Å²) in [5.41, 5.74) is 0.602. The van der Waals surface area contributed by atoms with E-state index in [0.29, 0.717) is 25.2 Å². The van der Waals surface area contributed by atoms with Crippen molar-refractivity contribution in [2.45, 2.75) is 6.10 Å². The lowest BCUT2D eigenvalue weighted by Crippen LogP contribution is -2.37. The number of hydrogen-bond acceptors (Lipinski definition) is 8. The first-order valence-corrected chi connectivity index (χ1v) is 9.04. The number of benzene rings is 1. The highest BCUT2D eigenvalue weighted by molar-refractivity contribution is 5.92. The number of hydrazone groups is 1. The van der Waals surface area contributed by atoms with Crippen molar-refractivity contribution in [3.63, 3.8) is 0 Å². The van der Waals surface area contributed by atoms with E-state index in [-0.39, 0.29) is 24.5 Å². The number of nitrogens with one attached hydrogen (secondary N) is 1. The molecule has 4 rings (SSSR count). The van der Waals surface area contributed by atoms with Crippen LogP contribution in [0.4, 0.5) is 20.6 Å². The second-order valence-corrected chi connectivity index (χ2v) is 6.53. The average molecular weight is 416 g/mol. The van der Waals surface area contributed by atoms with Gasteiger partial charge in [0.1, 0.15) is 18.3 Å². The maximum atomic E-state index is 14.7. The monoisotopic (exact) mass is 416 g/mol. The van der Waals surface area contributed by atoms with Gasteiger partial charge in [-0.1, -0.05) is 5.16 Å². The molecule has 2 aromatic rings. The Bertz CT molecular complexity index is 981. The van der Waals surface area contributed by atoms with Crippen LogP contribution in [0.25, 0.3) is 0 Å². The molecule has 0 aliphatic carbocycles. The molecule has 1 fully saturated rings. The predicted molar refractivity (Wildman–Crippen MR) is 101 cm³/mol. The highest BCUT2D eigenvalue weighted by Crippen LogP contribution is 2.28. The summed E-state index contributed by atoms with van der Waals surface area (Å²) in [6.45, 7) is 0.936. The molecule has 156 valence electrons. The largest absolute Gasteiger partial charge is 0.442 e. The SMILES string of the molecule is O=CN1CCN(c2ccc(N3C[C@H](CNC(=O)c4ccno4)OC3=O)cc2F)C=N1. The fourth-order valence-electron chi connectivity index (χ4n) is 3.08. The first kappa shape index (κ1) is 19.4. The lowest BCUT2D eigenvalue weighted by Gasteiger charge is -2.27. The molecule has 1 aromatic carbocycles. The highest BCUT2D eigenvalue weighted by Gasteiger charge is 2.33. The summed E-state index contributed by atoms with van der Waals surface area (Å²) in [4.78, 5) is 37.6. The second kappa shape index (κ2) is 8.19. The van der Waals surface area contributed by atoms with E-state index in [1.807, 2.05) is 0 Å². The molecule has 3 amide bonds. The van der Waals surface area contributed by atoms with Crippen molar-refractivity contribution in [1.82, 2.24) is 15.5 Å². The molecule has 3 heterocycles. The number of carbonyl (C=O) groups is 3. The van der Waals surface area contributed by atoms with Crippen molar-refractivity contribution in [2.75, 3.05) is 36.0 Å². The third-order valence-corrected chi connectivity index (χ3v) is 4.61. The van der Waals surface area contributed by atoms with Crippen LogP contribution in [0, 0.1) is 5.82 Å². The number of cyclic esters (lactones) is 1. The van der Waals surface area contributed by atoms with E-state index < -0.39 is 23.9 Å². The summed E-state index contributed by atoms with van der Waals surface area (Å²) in [6, 6.07) is 5.76. The molecule has 30 heavy (non-hydrogen) atoms. The quantitative estimate of drug-likeness (QED) is 0.691. The van der Waals surface area contributed by atoms with Gasteiger partial charge in [0, 0.05) is 12.6 Å². The molecule has 0 saturated carbocycles. The minimum atomic E-state index is -0.637. The Labute approximate surface area is 169 Å². The molecular formula is C18H17FN6O5. The molecule has 0 radical (unpaired) electrons. The molecule has 11 nitrogen and oxygen atoms in total. The summed E-state index contributed by atoms with van der Waals surface area (Å²) < 4.78 is 24.7. The highest BCUT2D eigenvalue weighted by atomic mass is 19.1. The molecule has 2 aliphatic heterocycles. The molecule has 2 aliphatic rings. The van der Waals surface area contributed by atoms with Gasteiger partial charge in [-0.05, 0) is 18.2 Å². The molecule has 0 spiro atoms. The molecule has 0 bridgehead atoms. The summed E-state index contributed by atoms with van der Waals surface area (Å²) >= 11 is 0. The van der Waals surface area contributed by atoms with Gasteiger partial charge in [0.15, 0.2) is 0 Å². The molecule has 0 unspecified atom stereocenters. The van der Waals surface area contributed by atoms with E-state index >= 15 is 0 Å². The fraction of sp³-hybridized carbons (Fsp3) is 0.278. The molecule has 1 saturated heterocycles. The van der Waals surface area contributed by atoms with Gasteiger partial charge in [-0.2, -0.15) is 5.10 Å². The van der Waals surface area contributed by atoms with Gasteiger partial charge in [-0.3, -0.25) is 14.5 Å². The van der Waals surface area contributed by atoms with Crippen LogP contribution in [0.15, 0.2) is 40.1 Å². The van der Waals surface area contributed by atoms with Crippen molar-refractivity contribution < 1.29 is 28.0 Å². The summed E-state index contributed by atoms with van der Waals surface area (Å²) in [7, 11) is 0. The Kier molecular flexibility index (Phi) is 5.28. The van der Waals surface area contributed by atoms with Gasteiger partial charge in [0.25, 0.3) is 5.91 Å². The molecule has 12 heteroatoms. The van der Waals surface area contributed by atoms with Crippen LogP contribution in [-0.4, -0.2) is 67.2 Å². The van der Waals surface area contributed by atoms with Gasteiger partial charge in [0.2, 0.25) is 12.2 Å². The van der Waals surface area contributed by atoms with Gasteiger partial charge >= 0.3 is 6.09 Å². The van der Waals surface area contributed by atoms with Gasteiger partial charge in [0.05, 0.1) is 37.2 Å². The lowest BCUT2D eigenvalue weighted by molar-refractivity contribution is -0.118. The number of halogens is 1. The lowest BCUT2D eigenvalue weighted by atomic mass is 10.2. The van der Waals surface area contributed by atoms with Crippen molar-refractivity contribution in [1.29, 1.82) is 0 Å². The number of anilines is 2. The minimum Gasteiger partial charge on any atom is -0.442 e. The number of aromatic nitrogens is 1. The van der Waals surface area contributed by atoms with E-state index in [1.165, 1.54) is 40.6 Å². The first-order valence-electron chi connectivity index (χ1n) is 9.04. The Morgan fingerprint density at radius 3 is 2.87 bits per heavy atom. The van der Waals surface area contributed by atoms with Crippen molar-refractivity contribution in [3.8, 4) is 0 Å². The average Bonchev–Trinajstić information content (AvgIpc) is 3.42. The zero-order valence-corrected chi connectivity index (χ0v) is 15.6. The Morgan fingerprint density at radius 2 is 2.20 bits per heavy atom. The number of nitrogens with zero attached hydrogens (tertiary/aromatic N) is 5. The fourth-order valence-corrected chi connectivity index (χ4v) is 3.08. The normalized spacial score (nSPS) is 18.5. The molecule has 1 atom stereocenters. The van der Waals surface area contributed by atoms with Crippen LogP contribution in [0.3, 0.4) is 0 Å². The van der Waals surface area contributed by atoms with E-state index in [9.17, 15) is 18.8 Å². The first-order chi connectivity index (χ1) is 14.5. The van der Waals surface area contributed by atoms with Crippen molar-refractivity contribution >= 4 is 36.1 Å². The van der Waals surface area contributed by atoms with E-state index in [2.05, 4.69) is 15.6 Å². The van der Waals surface area contributed by atoms with E-state index in [1.54, 1.807) is 11.0 Å². The third kappa shape index (κ3) is 3.92. The van der Waals surface area contributed by atoms with Crippen LogP contribution >= 0.6 is 0 Å². The van der Waals surface area contributed by atoms with E-state index in [0.717, 1.165) is 0 Å². The van der Waals surface area contributed by atoms with Crippen molar-refractivity contribution in [2.24, 2.45) is 5.10 Å². The topological polar surface area (TPSA) is 121 Å². The van der Waals surface area contributed by atoms with Crippen LogP contribution in [0.1, 0.15) is 10.6 Å². The zero-order chi connectivity index (χ0) is 21.1. The predicted octanol–water partition coefficient (Wildman–Crippen LogP) is 0.791. The minimum absolute atomic E-state index is 0.0476. The smallest absolute Gasteiger partial charge is 0.414 e. The number of rotatable bonds is 6. The number of carbonyl (C=O) groups excluding carboxylic acids is 3. The summed E-state index contributed by atoms with van der Waals surface area (Å²) in [5, 5.41) is 11.1. The maximum absolute atomic E-state index is 14.7. The van der Waals surface area contributed by atoms with Crippen LogP contribution in [0.2, 0.25) is 0 Å². The number of amides is 3.